The summed E-state index contributed by atoms with van der Waals surface area (Å²) in [7, 11) is 4.40. The van der Waals surface area contributed by atoms with E-state index in [1.165, 1.54) is 32.3 Å². The summed E-state index contributed by atoms with van der Waals surface area (Å²) in [6, 6.07) is 4.77. The van der Waals surface area contributed by atoms with Crippen molar-refractivity contribution >= 4 is 11.9 Å². The third kappa shape index (κ3) is 4.64. The van der Waals surface area contributed by atoms with Crippen LogP contribution in [-0.4, -0.2) is 62.9 Å². The first-order chi connectivity index (χ1) is 10.0. The molecule has 21 heavy (non-hydrogen) atoms. The Balaban J connectivity index is 3.08. The normalized spacial score (nSPS) is 10.0. The molecule has 7 heteroatoms. The van der Waals surface area contributed by atoms with Crippen LogP contribution in [0.25, 0.3) is 0 Å². The fourth-order valence-electron chi connectivity index (χ4n) is 1.77. The van der Waals surface area contributed by atoms with Gasteiger partial charge in [0.25, 0.3) is 5.91 Å². The van der Waals surface area contributed by atoms with Crippen LogP contribution in [0.1, 0.15) is 10.4 Å². The van der Waals surface area contributed by atoms with E-state index in [0.717, 1.165) is 0 Å². The fraction of sp³-hybridized carbons (Fsp3) is 0.429. The molecule has 0 heterocycles. The van der Waals surface area contributed by atoms with Gasteiger partial charge in [-0.1, -0.05) is 0 Å². The molecule has 0 spiro atoms. The van der Waals surface area contributed by atoms with Crippen molar-refractivity contribution in [2.75, 3.05) is 41.0 Å². The van der Waals surface area contributed by atoms with Crippen LogP contribution < -0.4 is 9.47 Å². The highest BCUT2D eigenvalue weighted by Gasteiger charge is 2.22. The van der Waals surface area contributed by atoms with Crippen LogP contribution in [-0.2, 0) is 9.53 Å². The molecule has 0 atom stereocenters. The van der Waals surface area contributed by atoms with E-state index in [-0.39, 0.29) is 18.7 Å². The Morgan fingerprint density at radius 2 is 1.90 bits per heavy atom. The Kier molecular flexibility index (Phi) is 6.48. The number of benzene rings is 1. The van der Waals surface area contributed by atoms with Gasteiger partial charge in [-0.25, -0.2) is 0 Å². The zero-order chi connectivity index (χ0) is 15.8. The Morgan fingerprint density at radius 1 is 1.19 bits per heavy atom. The molecular weight excluding hydrogens is 278 g/mol. The Hall–Kier alpha value is -2.28. The molecule has 1 amide bonds. The van der Waals surface area contributed by atoms with Gasteiger partial charge in [-0.05, 0) is 18.2 Å². The molecule has 1 aromatic carbocycles. The predicted molar refractivity (Wildman–Crippen MR) is 75.0 cm³/mol. The van der Waals surface area contributed by atoms with Crippen molar-refractivity contribution in [1.82, 2.24) is 4.90 Å². The SMILES string of the molecule is COCCN(CC(=O)O)C(=O)c1cc(OC)ccc1OC. The van der Waals surface area contributed by atoms with Crippen molar-refractivity contribution in [3.8, 4) is 11.5 Å². The summed E-state index contributed by atoms with van der Waals surface area (Å²) in [5.41, 5.74) is 0.245. The highest BCUT2D eigenvalue weighted by Crippen LogP contribution is 2.25. The smallest absolute Gasteiger partial charge is 0.323 e. The van der Waals surface area contributed by atoms with Crippen molar-refractivity contribution in [3.05, 3.63) is 23.8 Å². The van der Waals surface area contributed by atoms with E-state index in [1.54, 1.807) is 12.1 Å². The molecule has 0 radical (unpaired) electrons. The summed E-state index contributed by atoms with van der Waals surface area (Å²) >= 11 is 0. The van der Waals surface area contributed by atoms with E-state index in [1.807, 2.05) is 0 Å². The number of amides is 1. The first-order valence-electron chi connectivity index (χ1n) is 6.25. The lowest BCUT2D eigenvalue weighted by Gasteiger charge is -2.21. The minimum absolute atomic E-state index is 0.169. The second kappa shape index (κ2) is 8.11. The first kappa shape index (κ1) is 16.8. The van der Waals surface area contributed by atoms with Gasteiger partial charge >= 0.3 is 5.97 Å². The van der Waals surface area contributed by atoms with Gasteiger partial charge in [0.2, 0.25) is 0 Å². The van der Waals surface area contributed by atoms with Gasteiger partial charge < -0.3 is 24.2 Å². The van der Waals surface area contributed by atoms with Crippen LogP contribution in [0.3, 0.4) is 0 Å². The van der Waals surface area contributed by atoms with Crippen molar-refractivity contribution < 1.29 is 28.9 Å². The highest BCUT2D eigenvalue weighted by atomic mass is 16.5. The van der Waals surface area contributed by atoms with Crippen LogP contribution in [0.5, 0.6) is 11.5 Å². The van der Waals surface area contributed by atoms with E-state index in [0.29, 0.717) is 11.5 Å². The average Bonchev–Trinajstić information content (AvgIpc) is 2.49. The molecule has 0 saturated heterocycles. The maximum Gasteiger partial charge on any atom is 0.323 e. The third-order valence-corrected chi connectivity index (χ3v) is 2.82. The number of methoxy groups -OCH3 is 3. The number of carbonyl (C=O) groups is 2. The Labute approximate surface area is 123 Å². The summed E-state index contributed by atoms with van der Waals surface area (Å²) < 4.78 is 15.1. The lowest BCUT2D eigenvalue weighted by atomic mass is 10.1. The number of hydrogen-bond donors (Lipinski definition) is 1. The molecule has 0 aliphatic heterocycles. The number of aliphatic carboxylic acids is 1. The molecule has 0 aromatic heterocycles. The van der Waals surface area contributed by atoms with Crippen molar-refractivity contribution in [2.24, 2.45) is 0 Å². The van der Waals surface area contributed by atoms with Crippen molar-refractivity contribution in [2.45, 2.75) is 0 Å². The van der Waals surface area contributed by atoms with Crippen LogP contribution in [0.2, 0.25) is 0 Å². The maximum absolute atomic E-state index is 12.5. The summed E-state index contributed by atoms with van der Waals surface area (Å²) in [5, 5.41) is 8.92. The molecule has 0 saturated carbocycles. The van der Waals surface area contributed by atoms with Crippen LogP contribution in [0.4, 0.5) is 0 Å². The molecule has 1 rings (SSSR count). The molecule has 1 aromatic rings. The van der Waals surface area contributed by atoms with Gasteiger partial charge in [0.15, 0.2) is 0 Å². The number of nitrogens with zero attached hydrogens (tertiary/aromatic N) is 1. The van der Waals surface area contributed by atoms with E-state index in [9.17, 15) is 9.59 Å². The molecule has 1 N–H and O–H groups in total. The monoisotopic (exact) mass is 297 g/mol. The molecule has 0 aliphatic carbocycles. The maximum atomic E-state index is 12.5. The van der Waals surface area contributed by atoms with E-state index >= 15 is 0 Å². The molecule has 0 bridgehead atoms. The number of rotatable bonds is 8. The number of carbonyl (C=O) groups excluding carboxylic acids is 1. The van der Waals surface area contributed by atoms with Crippen LogP contribution in [0.15, 0.2) is 18.2 Å². The van der Waals surface area contributed by atoms with Crippen molar-refractivity contribution in [1.29, 1.82) is 0 Å². The topological polar surface area (TPSA) is 85.3 Å². The van der Waals surface area contributed by atoms with Crippen LogP contribution >= 0.6 is 0 Å². The van der Waals surface area contributed by atoms with Gasteiger partial charge in [0, 0.05) is 13.7 Å². The molecule has 0 aliphatic rings. The molecule has 0 fully saturated rings. The fourth-order valence-corrected chi connectivity index (χ4v) is 1.77. The van der Waals surface area contributed by atoms with E-state index < -0.39 is 18.4 Å². The summed E-state index contributed by atoms with van der Waals surface area (Å²) in [5.74, 6) is -0.707. The minimum atomic E-state index is -1.10. The number of ether oxygens (including phenoxy) is 3. The zero-order valence-corrected chi connectivity index (χ0v) is 12.3. The van der Waals surface area contributed by atoms with E-state index in [2.05, 4.69) is 0 Å². The molecular formula is C14H19NO6. The minimum Gasteiger partial charge on any atom is -0.497 e. The summed E-state index contributed by atoms with van der Waals surface area (Å²) in [6.07, 6.45) is 0. The van der Waals surface area contributed by atoms with Crippen LogP contribution in [0, 0.1) is 0 Å². The van der Waals surface area contributed by atoms with Gasteiger partial charge in [-0.3, -0.25) is 9.59 Å². The average molecular weight is 297 g/mol. The number of hydrogen-bond acceptors (Lipinski definition) is 5. The number of carboxylic acids is 1. The van der Waals surface area contributed by atoms with Gasteiger partial charge in [0.1, 0.15) is 18.0 Å². The highest BCUT2D eigenvalue weighted by molar-refractivity contribution is 5.98. The lowest BCUT2D eigenvalue weighted by molar-refractivity contribution is -0.137. The van der Waals surface area contributed by atoms with Crippen molar-refractivity contribution in [3.63, 3.8) is 0 Å². The van der Waals surface area contributed by atoms with E-state index in [4.69, 9.17) is 19.3 Å². The second-order valence-electron chi connectivity index (χ2n) is 4.18. The quantitative estimate of drug-likeness (QED) is 0.766. The molecule has 0 unspecified atom stereocenters. The second-order valence-corrected chi connectivity index (χ2v) is 4.18. The molecule has 116 valence electrons. The third-order valence-electron chi connectivity index (χ3n) is 2.82. The zero-order valence-electron chi connectivity index (χ0n) is 12.3. The van der Waals surface area contributed by atoms with Gasteiger partial charge in [0.05, 0.1) is 26.4 Å². The summed E-state index contributed by atoms with van der Waals surface area (Å²) in [6.45, 7) is -0.00411. The molecule has 7 nitrogen and oxygen atoms in total. The standard InChI is InChI=1S/C14H19NO6/c1-19-7-6-15(9-13(16)17)14(18)11-8-10(20-2)4-5-12(11)21-3/h4-5,8H,6-7,9H2,1-3H3,(H,16,17). The lowest BCUT2D eigenvalue weighted by Crippen LogP contribution is -2.38. The van der Waals surface area contributed by atoms with Gasteiger partial charge in [-0.2, -0.15) is 0 Å². The largest absolute Gasteiger partial charge is 0.497 e. The Morgan fingerprint density at radius 3 is 2.43 bits per heavy atom. The summed E-state index contributed by atoms with van der Waals surface area (Å²) in [4.78, 5) is 24.6. The Bertz CT molecular complexity index is 502. The first-order valence-corrected chi connectivity index (χ1v) is 6.25. The number of carboxylic acid groups (broad SMARTS) is 1. The predicted octanol–water partition coefficient (Wildman–Crippen LogP) is 0.877. The van der Waals surface area contributed by atoms with Gasteiger partial charge in [-0.15, -0.1) is 0 Å².